The normalized spacial score (nSPS) is 23.4. The van der Waals surface area contributed by atoms with E-state index in [4.69, 9.17) is 0 Å². The average molecular weight is 289 g/mol. The van der Waals surface area contributed by atoms with Gasteiger partial charge in [-0.1, -0.05) is 44.0 Å². The van der Waals surface area contributed by atoms with Gasteiger partial charge in [-0.05, 0) is 49.3 Å². The van der Waals surface area contributed by atoms with Gasteiger partial charge in [0.05, 0.1) is 0 Å². The number of fused-ring (bicyclic) bond motifs is 1. The highest BCUT2D eigenvalue weighted by molar-refractivity contribution is 7.99. The monoisotopic (exact) mass is 289 g/mol. The molecule has 20 heavy (non-hydrogen) atoms. The molecule has 1 fully saturated rings. The third-order valence-corrected chi connectivity index (χ3v) is 6.40. The molecule has 2 aliphatic rings. The average Bonchev–Trinajstić information content (AvgIpc) is 2.95. The topological polar surface area (TPSA) is 12.0 Å². The summed E-state index contributed by atoms with van der Waals surface area (Å²) in [5.74, 6) is 2.11. The second kappa shape index (κ2) is 7.00. The van der Waals surface area contributed by atoms with Crippen molar-refractivity contribution in [2.45, 2.75) is 62.7 Å². The third kappa shape index (κ3) is 3.40. The Morgan fingerprint density at radius 3 is 2.80 bits per heavy atom. The number of benzene rings is 1. The van der Waals surface area contributed by atoms with E-state index in [0.29, 0.717) is 6.04 Å². The molecule has 1 saturated carbocycles. The second-order valence-corrected chi connectivity index (χ2v) is 7.66. The van der Waals surface area contributed by atoms with E-state index in [0.717, 1.165) is 17.7 Å². The molecule has 2 unspecified atom stereocenters. The lowest BCUT2D eigenvalue weighted by molar-refractivity contribution is 0.452. The van der Waals surface area contributed by atoms with Crippen LogP contribution in [0, 0.1) is 0 Å². The molecular weight excluding hydrogens is 262 g/mol. The molecule has 2 atom stereocenters. The zero-order chi connectivity index (χ0) is 13.8. The van der Waals surface area contributed by atoms with Gasteiger partial charge in [-0.25, -0.2) is 0 Å². The first-order valence-corrected chi connectivity index (χ1v) is 9.34. The Morgan fingerprint density at radius 2 is 2.05 bits per heavy atom. The summed E-state index contributed by atoms with van der Waals surface area (Å²) in [6.45, 7) is 3.34. The maximum absolute atomic E-state index is 3.72. The molecule has 0 saturated heterocycles. The summed E-state index contributed by atoms with van der Waals surface area (Å²) in [6, 6.07) is 9.69. The van der Waals surface area contributed by atoms with E-state index < -0.39 is 0 Å². The predicted octanol–water partition coefficient (Wildman–Crippen LogP) is 4.37. The summed E-state index contributed by atoms with van der Waals surface area (Å²) >= 11 is 2.23. The summed E-state index contributed by atoms with van der Waals surface area (Å²) in [5, 5.41) is 4.66. The van der Waals surface area contributed by atoms with Gasteiger partial charge < -0.3 is 5.32 Å². The highest BCUT2D eigenvalue weighted by Crippen LogP contribution is 2.39. The van der Waals surface area contributed by atoms with Crippen molar-refractivity contribution in [3.63, 3.8) is 0 Å². The minimum Gasteiger partial charge on any atom is -0.313 e. The highest BCUT2D eigenvalue weighted by Gasteiger charge is 2.28. The Balaban J connectivity index is 1.50. The van der Waals surface area contributed by atoms with Gasteiger partial charge in [0.25, 0.3) is 0 Å². The number of rotatable bonds is 7. The van der Waals surface area contributed by atoms with Crippen molar-refractivity contribution in [2.24, 2.45) is 0 Å². The first kappa shape index (κ1) is 14.5. The Hall–Kier alpha value is -0.470. The molecule has 0 radical (unpaired) electrons. The van der Waals surface area contributed by atoms with Crippen molar-refractivity contribution >= 4 is 11.8 Å². The van der Waals surface area contributed by atoms with E-state index in [1.54, 1.807) is 11.1 Å². The zero-order valence-electron chi connectivity index (χ0n) is 12.6. The smallest absolute Gasteiger partial charge is 0.0164 e. The summed E-state index contributed by atoms with van der Waals surface area (Å²) in [7, 11) is 0. The minimum absolute atomic E-state index is 0.698. The summed E-state index contributed by atoms with van der Waals surface area (Å²) in [6.07, 6.45) is 8.45. The van der Waals surface area contributed by atoms with Crippen LogP contribution in [0.4, 0.5) is 0 Å². The Kier molecular flexibility index (Phi) is 5.06. The van der Waals surface area contributed by atoms with Crippen molar-refractivity contribution in [3.8, 4) is 0 Å². The maximum atomic E-state index is 3.72. The molecule has 2 heteroatoms. The van der Waals surface area contributed by atoms with Crippen LogP contribution in [0.5, 0.6) is 0 Å². The predicted molar refractivity (Wildman–Crippen MR) is 89.7 cm³/mol. The van der Waals surface area contributed by atoms with Crippen LogP contribution in [-0.4, -0.2) is 23.6 Å². The van der Waals surface area contributed by atoms with Crippen LogP contribution in [0.2, 0.25) is 0 Å². The van der Waals surface area contributed by atoms with E-state index >= 15 is 0 Å². The lowest BCUT2D eigenvalue weighted by Crippen LogP contribution is -2.35. The standard InChI is InChI=1S/C18H27NS/c1-2-19-16(13-20-17-8-4-5-9-17)12-15-11-14-7-3-6-10-18(14)15/h3,6-7,10,15-17,19H,2,4-5,8-9,11-13H2,1H3. The Bertz CT molecular complexity index is 425. The van der Waals surface area contributed by atoms with Crippen LogP contribution in [-0.2, 0) is 6.42 Å². The van der Waals surface area contributed by atoms with Crippen LogP contribution in [0.15, 0.2) is 24.3 Å². The maximum Gasteiger partial charge on any atom is 0.0164 e. The summed E-state index contributed by atoms with van der Waals surface area (Å²) in [5.41, 5.74) is 3.19. The van der Waals surface area contributed by atoms with E-state index in [2.05, 4.69) is 48.3 Å². The molecule has 1 N–H and O–H groups in total. The van der Waals surface area contributed by atoms with Crippen molar-refractivity contribution in [1.82, 2.24) is 5.32 Å². The first-order valence-electron chi connectivity index (χ1n) is 8.29. The minimum atomic E-state index is 0.698. The first-order chi connectivity index (χ1) is 9.86. The molecule has 0 amide bonds. The number of thioether (sulfide) groups is 1. The van der Waals surface area contributed by atoms with Crippen molar-refractivity contribution in [1.29, 1.82) is 0 Å². The lowest BCUT2D eigenvalue weighted by atomic mass is 9.74. The molecule has 2 aliphatic carbocycles. The van der Waals surface area contributed by atoms with Crippen molar-refractivity contribution < 1.29 is 0 Å². The molecule has 110 valence electrons. The fourth-order valence-corrected chi connectivity index (χ4v) is 5.15. The molecular formula is C18H27NS. The van der Waals surface area contributed by atoms with E-state index in [1.807, 2.05) is 0 Å². The molecule has 0 bridgehead atoms. The van der Waals surface area contributed by atoms with Crippen LogP contribution in [0.1, 0.15) is 56.1 Å². The highest BCUT2D eigenvalue weighted by atomic mass is 32.2. The van der Waals surface area contributed by atoms with Gasteiger partial charge in [0.15, 0.2) is 0 Å². The van der Waals surface area contributed by atoms with Crippen LogP contribution in [0.3, 0.4) is 0 Å². The molecule has 1 nitrogen and oxygen atoms in total. The van der Waals surface area contributed by atoms with Gasteiger partial charge in [0, 0.05) is 17.0 Å². The lowest BCUT2D eigenvalue weighted by Gasteiger charge is -2.33. The SMILES string of the molecule is CCNC(CSC1CCCC1)CC1Cc2ccccc21. The van der Waals surface area contributed by atoms with Crippen LogP contribution in [0.25, 0.3) is 0 Å². The van der Waals surface area contributed by atoms with Gasteiger partial charge in [0.2, 0.25) is 0 Å². The molecule has 0 heterocycles. The zero-order valence-corrected chi connectivity index (χ0v) is 13.4. The Morgan fingerprint density at radius 1 is 1.25 bits per heavy atom. The molecule has 3 rings (SSSR count). The Labute approximate surface area is 127 Å². The van der Waals surface area contributed by atoms with Crippen LogP contribution < -0.4 is 5.32 Å². The van der Waals surface area contributed by atoms with Gasteiger partial charge in [-0.2, -0.15) is 11.8 Å². The van der Waals surface area contributed by atoms with Gasteiger partial charge >= 0.3 is 0 Å². The molecule has 0 aromatic heterocycles. The number of hydrogen-bond acceptors (Lipinski definition) is 2. The van der Waals surface area contributed by atoms with Crippen molar-refractivity contribution in [3.05, 3.63) is 35.4 Å². The van der Waals surface area contributed by atoms with E-state index in [1.165, 1.54) is 44.3 Å². The van der Waals surface area contributed by atoms with Gasteiger partial charge in [-0.3, -0.25) is 0 Å². The second-order valence-electron chi connectivity index (χ2n) is 6.33. The summed E-state index contributed by atoms with van der Waals surface area (Å²) < 4.78 is 0. The van der Waals surface area contributed by atoms with E-state index in [-0.39, 0.29) is 0 Å². The number of hydrogen-bond donors (Lipinski definition) is 1. The summed E-state index contributed by atoms with van der Waals surface area (Å²) in [4.78, 5) is 0. The van der Waals surface area contributed by atoms with E-state index in [9.17, 15) is 0 Å². The number of nitrogens with one attached hydrogen (secondary N) is 1. The molecule has 0 aliphatic heterocycles. The molecule has 1 aromatic carbocycles. The molecule has 1 aromatic rings. The van der Waals surface area contributed by atoms with Crippen LogP contribution >= 0.6 is 11.8 Å². The van der Waals surface area contributed by atoms with Gasteiger partial charge in [0.1, 0.15) is 0 Å². The quantitative estimate of drug-likeness (QED) is 0.800. The molecule has 0 spiro atoms. The fourth-order valence-electron chi connectivity index (χ4n) is 3.72. The van der Waals surface area contributed by atoms with Gasteiger partial charge in [-0.15, -0.1) is 0 Å². The van der Waals surface area contributed by atoms with Crippen molar-refractivity contribution in [2.75, 3.05) is 12.3 Å². The fraction of sp³-hybridized carbons (Fsp3) is 0.667. The third-order valence-electron chi connectivity index (χ3n) is 4.86. The largest absolute Gasteiger partial charge is 0.313 e.